The molecule has 2 N–H and O–H groups in total. The normalized spacial score (nSPS) is 11.2. The molecule has 2 heterocycles. The largest absolute Gasteiger partial charge is 0.456 e. The third-order valence-corrected chi connectivity index (χ3v) is 2.96. The number of rotatable bonds is 3. The Morgan fingerprint density at radius 1 is 1.30 bits per heavy atom. The van der Waals surface area contributed by atoms with E-state index in [0.29, 0.717) is 5.76 Å². The number of nitrogens with one attached hydrogen (secondary N) is 2. The van der Waals surface area contributed by atoms with E-state index in [1.165, 1.54) is 0 Å². The first kappa shape index (κ1) is 12.2. The molecule has 0 aliphatic carbocycles. The number of hydrogen-bond donors (Lipinski definition) is 2. The number of H-pyrrole nitrogens is 1. The van der Waals surface area contributed by atoms with E-state index in [1.807, 2.05) is 30.5 Å². The number of benzene rings is 1. The molecule has 0 saturated carbocycles. The first-order valence-corrected chi connectivity index (χ1v) is 6.20. The number of nitrogens with zero attached hydrogens (tertiary/aromatic N) is 1. The highest BCUT2D eigenvalue weighted by Crippen LogP contribution is 2.15. The molecule has 5 nitrogen and oxygen atoms in total. The second-order valence-electron chi connectivity index (χ2n) is 4.40. The number of amides is 1. The zero-order valence-corrected chi connectivity index (χ0v) is 10.9. The van der Waals surface area contributed by atoms with Crippen molar-refractivity contribution in [3.63, 3.8) is 0 Å². The number of aryl methyl sites for hydroxylation is 1. The summed E-state index contributed by atoms with van der Waals surface area (Å²) in [4.78, 5) is 14.9. The summed E-state index contributed by atoms with van der Waals surface area (Å²) in [5.41, 5.74) is 4.38. The van der Waals surface area contributed by atoms with Crippen LogP contribution in [0, 0.1) is 6.92 Å². The fraction of sp³-hybridized carbons (Fsp3) is 0.0667. The van der Waals surface area contributed by atoms with Gasteiger partial charge in [-0.05, 0) is 25.1 Å². The van der Waals surface area contributed by atoms with Gasteiger partial charge in [0.1, 0.15) is 5.76 Å². The Balaban J connectivity index is 1.73. The number of hydrogen-bond acceptors (Lipinski definition) is 3. The maximum Gasteiger partial charge on any atom is 0.307 e. The van der Waals surface area contributed by atoms with Crippen LogP contribution in [0.3, 0.4) is 0 Å². The van der Waals surface area contributed by atoms with Crippen molar-refractivity contribution >= 4 is 23.0 Å². The summed E-state index contributed by atoms with van der Waals surface area (Å²) >= 11 is 0. The first-order chi connectivity index (χ1) is 9.74. The number of aromatic amines is 1. The monoisotopic (exact) mass is 267 g/mol. The molecule has 0 bridgehead atoms. The van der Waals surface area contributed by atoms with E-state index in [2.05, 4.69) is 15.5 Å². The Labute approximate surface area is 115 Å². The van der Waals surface area contributed by atoms with Crippen molar-refractivity contribution in [2.45, 2.75) is 6.92 Å². The maximum absolute atomic E-state index is 11.7. The zero-order valence-electron chi connectivity index (χ0n) is 10.9. The van der Waals surface area contributed by atoms with Gasteiger partial charge in [0.25, 0.3) is 0 Å². The topological polar surface area (TPSA) is 70.4 Å². The van der Waals surface area contributed by atoms with Gasteiger partial charge in [-0.2, -0.15) is 5.10 Å². The standard InChI is InChI=1S/C15H13N3O2/c1-10-6-7-14(20-10)15(19)18-17-9-11-8-16-13-5-3-2-4-12(11)13/h2-9,16H,1H3,(H,18,19)/b17-9-. The lowest BCUT2D eigenvalue weighted by Gasteiger charge is -1.95. The molecule has 3 aromatic rings. The van der Waals surface area contributed by atoms with Gasteiger partial charge < -0.3 is 9.40 Å². The van der Waals surface area contributed by atoms with Crippen LogP contribution in [0.15, 0.2) is 52.1 Å². The summed E-state index contributed by atoms with van der Waals surface area (Å²) in [7, 11) is 0. The van der Waals surface area contributed by atoms with Gasteiger partial charge in [-0.25, -0.2) is 5.43 Å². The molecule has 0 atom stereocenters. The number of hydrazone groups is 1. The van der Waals surface area contributed by atoms with Crippen molar-refractivity contribution in [2.75, 3.05) is 0 Å². The third-order valence-electron chi connectivity index (χ3n) is 2.96. The summed E-state index contributed by atoms with van der Waals surface area (Å²) in [5, 5.41) is 5.00. The van der Waals surface area contributed by atoms with Gasteiger partial charge in [0.15, 0.2) is 5.76 Å². The molecule has 0 aliphatic heterocycles. The molecular weight excluding hydrogens is 254 g/mol. The predicted octanol–water partition coefficient (Wildman–Crippen LogP) is 2.83. The van der Waals surface area contributed by atoms with Crippen LogP contribution < -0.4 is 5.43 Å². The molecule has 0 aliphatic rings. The SMILES string of the molecule is Cc1ccc(C(=O)N/N=C\c2c[nH]c3ccccc23)o1. The molecule has 2 aromatic heterocycles. The summed E-state index contributed by atoms with van der Waals surface area (Å²) < 4.78 is 5.21. The number of aromatic nitrogens is 1. The molecule has 0 unspecified atom stereocenters. The highest BCUT2D eigenvalue weighted by molar-refractivity contribution is 5.99. The van der Waals surface area contributed by atoms with Crippen molar-refractivity contribution in [1.82, 2.24) is 10.4 Å². The van der Waals surface area contributed by atoms with Crippen molar-refractivity contribution in [3.8, 4) is 0 Å². The van der Waals surface area contributed by atoms with Gasteiger partial charge in [0.05, 0.1) is 6.21 Å². The molecule has 5 heteroatoms. The van der Waals surface area contributed by atoms with Gasteiger partial charge in [-0.3, -0.25) is 4.79 Å². The van der Waals surface area contributed by atoms with Crippen LogP contribution in [0.5, 0.6) is 0 Å². The Bertz CT molecular complexity index is 783. The minimum Gasteiger partial charge on any atom is -0.456 e. The lowest BCUT2D eigenvalue weighted by molar-refractivity contribution is 0.0926. The molecule has 1 aromatic carbocycles. The van der Waals surface area contributed by atoms with E-state index in [1.54, 1.807) is 25.3 Å². The van der Waals surface area contributed by atoms with E-state index in [-0.39, 0.29) is 11.7 Å². The first-order valence-electron chi connectivity index (χ1n) is 6.20. The van der Waals surface area contributed by atoms with E-state index in [9.17, 15) is 4.79 Å². The van der Waals surface area contributed by atoms with Crippen LogP contribution in [-0.4, -0.2) is 17.1 Å². The molecule has 20 heavy (non-hydrogen) atoms. The second kappa shape index (κ2) is 5.05. The van der Waals surface area contributed by atoms with Gasteiger partial charge in [-0.15, -0.1) is 0 Å². The van der Waals surface area contributed by atoms with Crippen LogP contribution >= 0.6 is 0 Å². The summed E-state index contributed by atoms with van der Waals surface area (Å²) in [6, 6.07) is 11.2. The number of carbonyl (C=O) groups is 1. The van der Waals surface area contributed by atoms with Gasteiger partial charge in [-0.1, -0.05) is 18.2 Å². The quantitative estimate of drug-likeness (QED) is 0.566. The fourth-order valence-corrected chi connectivity index (χ4v) is 1.97. The molecule has 3 rings (SSSR count). The van der Waals surface area contributed by atoms with Crippen molar-refractivity contribution in [1.29, 1.82) is 0 Å². The Hall–Kier alpha value is -2.82. The number of para-hydroxylation sites is 1. The highest BCUT2D eigenvalue weighted by Gasteiger charge is 2.08. The molecule has 1 amide bonds. The highest BCUT2D eigenvalue weighted by atomic mass is 16.3. The molecule has 100 valence electrons. The van der Waals surface area contributed by atoms with E-state index >= 15 is 0 Å². The van der Waals surface area contributed by atoms with E-state index < -0.39 is 0 Å². The number of furan rings is 1. The molecule has 0 saturated heterocycles. The van der Waals surface area contributed by atoms with Crippen LogP contribution in [0.2, 0.25) is 0 Å². The molecule has 0 radical (unpaired) electrons. The minimum atomic E-state index is -0.366. The van der Waals surface area contributed by atoms with Gasteiger partial charge in [0, 0.05) is 22.7 Å². The molecule has 0 spiro atoms. The van der Waals surface area contributed by atoms with Crippen molar-refractivity contribution in [2.24, 2.45) is 5.10 Å². The number of carbonyl (C=O) groups excluding carboxylic acids is 1. The van der Waals surface area contributed by atoms with Gasteiger partial charge >= 0.3 is 5.91 Å². The minimum absolute atomic E-state index is 0.249. The van der Waals surface area contributed by atoms with E-state index in [0.717, 1.165) is 16.5 Å². The lowest BCUT2D eigenvalue weighted by atomic mass is 10.2. The van der Waals surface area contributed by atoms with E-state index in [4.69, 9.17) is 4.42 Å². The second-order valence-corrected chi connectivity index (χ2v) is 4.40. The fourth-order valence-electron chi connectivity index (χ4n) is 1.97. The molecule has 0 fully saturated rings. The lowest BCUT2D eigenvalue weighted by Crippen LogP contribution is -2.16. The van der Waals surface area contributed by atoms with Crippen LogP contribution in [0.4, 0.5) is 0 Å². The van der Waals surface area contributed by atoms with Gasteiger partial charge in [0.2, 0.25) is 0 Å². The maximum atomic E-state index is 11.7. The average molecular weight is 267 g/mol. The van der Waals surface area contributed by atoms with Crippen molar-refractivity contribution in [3.05, 3.63) is 59.7 Å². The molecular formula is C15H13N3O2. The Morgan fingerprint density at radius 3 is 2.95 bits per heavy atom. The summed E-state index contributed by atoms with van der Waals surface area (Å²) in [5.74, 6) is 0.573. The average Bonchev–Trinajstić information content (AvgIpc) is 3.06. The smallest absolute Gasteiger partial charge is 0.307 e. The van der Waals surface area contributed by atoms with Crippen LogP contribution in [-0.2, 0) is 0 Å². The summed E-state index contributed by atoms with van der Waals surface area (Å²) in [6.07, 6.45) is 3.45. The number of fused-ring (bicyclic) bond motifs is 1. The van der Waals surface area contributed by atoms with Crippen LogP contribution in [0.25, 0.3) is 10.9 Å². The third kappa shape index (κ3) is 2.33. The van der Waals surface area contributed by atoms with Crippen molar-refractivity contribution < 1.29 is 9.21 Å². The summed E-state index contributed by atoms with van der Waals surface area (Å²) in [6.45, 7) is 1.78. The Morgan fingerprint density at radius 2 is 2.15 bits per heavy atom. The Kier molecular flexibility index (Phi) is 3.09. The predicted molar refractivity (Wildman–Crippen MR) is 76.8 cm³/mol. The van der Waals surface area contributed by atoms with Crippen LogP contribution in [0.1, 0.15) is 21.9 Å². The zero-order chi connectivity index (χ0) is 13.9.